The van der Waals surface area contributed by atoms with Crippen LogP contribution in [0.1, 0.15) is 19.3 Å². The van der Waals surface area contributed by atoms with Gasteiger partial charge < -0.3 is 9.47 Å². The van der Waals surface area contributed by atoms with Crippen LogP contribution in [0.15, 0.2) is 71.2 Å². The molecule has 0 N–H and O–H groups in total. The summed E-state index contributed by atoms with van der Waals surface area (Å²) in [5, 5.41) is 0. The Labute approximate surface area is 206 Å². The first-order valence-corrected chi connectivity index (χ1v) is 12.7. The highest BCUT2D eigenvalue weighted by Gasteiger charge is 2.36. The number of carbonyl (C=O) groups excluding carboxylic acids is 1. The Balaban J connectivity index is 1.35. The molecule has 1 atom stereocenters. The smallest absolute Gasteiger partial charge is 0.225 e. The summed E-state index contributed by atoms with van der Waals surface area (Å²) in [7, 11) is 0. The molecule has 172 valence electrons. The zero-order valence-electron chi connectivity index (χ0n) is 18.8. The minimum Gasteiger partial charge on any atom is -0.342 e. The monoisotopic (exact) mass is 517 g/mol. The zero-order chi connectivity index (χ0) is 23.2. The first kappa shape index (κ1) is 21.5. The zero-order valence-corrected chi connectivity index (χ0v) is 20.3. The molecule has 0 bridgehead atoms. The normalized spacial score (nSPS) is 18.1. The van der Waals surface area contributed by atoms with Crippen LogP contribution in [0, 0.1) is 17.7 Å². The lowest BCUT2D eigenvalue weighted by atomic mass is 10.0. The molecule has 1 saturated carbocycles. The number of rotatable bonds is 5. The third kappa shape index (κ3) is 4.05. The van der Waals surface area contributed by atoms with Gasteiger partial charge in [-0.15, -0.1) is 0 Å². The Morgan fingerprint density at radius 1 is 0.971 bits per heavy atom. The molecule has 2 fully saturated rings. The average Bonchev–Trinajstić information content (AvgIpc) is 3.52. The fourth-order valence-corrected chi connectivity index (χ4v) is 5.33. The fourth-order valence-electron chi connectivity index (χ4n) is 5.00. The van der Waals surface area contributed by atoms with Crippen molar-refractivity contribution in [2.75, 3.05) is 13.1 Å². The molecule has 4 aromatic rings. The number of fused-ring (bicyclic) bond motifs is 1. The summed E-state index contributed by atoms with van der Waals surface area (Å²) in [5.41, 5.74) is 4.86. The number of hydrogen-bond acceptors (Lipinski definition) is 2. The Morgan fingerprint density at radius 3 is 2.41 bits per heavy atom. The maximum atomic E-state index is 14.5. The van der Waals surface area contributed by atoms with Crippen molar-refractivity contribution in [3.05, 3.63) is 77.0 Å². The summed E-state index contributed by atoms with van der Waals surface area (Å²) in [5.74, 6) is 1.42. The molecule has 4 nitrogen and oxygen atoms in total. The van der Waals surface area contributed by atoms with E-state index in [2.05, 4.69) is 56.9 Å². The molecule has 3 aromatic carbocycles. The Bertz CT molecular complexity index is 1360. The second-order valence-corrected chi connectivity index (χ2v) is 10.3. The van der Waals surface area contributed by atoms with Crippen molar-refractivity contribution in [1.82, 2.24) is 14.5 Å². The Hall–Kier alpha value is -2.99. The molecule has 0 radical (unpaired) electrons. The van der Waals surface area contributed by atoms with Crippen LogP contribution in [0.2, 0.25) is 0 Å². The number of aromatic nitrogens is 2. The van der Waals surface area contributed by atoms with E-state index in [1.54, 1.807) is 12.1 Å². The maximum Gasteiger partial charge on any atom is 0.225 e. The number of halogens is 2. The Kier molecular flexibility index (Phi) is 5.48. The van der Waals surface area contributed by atoms with Crippen LogP contribution in [0.25, 0.3) is 33.5 Å². The summed E-state index contributed by atoms with van der Waals surface area (Å²) in [6.45, 7) is 2.29. The van der Waals surface area contributed by atoms with Gasteiger partial charge in [0.15, 0.2) is 0 Å². The third-order valence-corrected chi connectivity index (χ3v) is 7.61. The minimum atomic E-state index is -0.295. The lowest BCUT2D eigenvalue weighted by molar-refractivity contribution is -0.131. The van der Waals surface area contributed by atoms with Gasteiger partial charge >= 0.3 is 0 Å². The topological polar surface area (TPSA) is 38.1 Å². The van der Waals surface area contributed by atoms with Gasteiger partial charge in [0.2, 0.25) is 5.91 Å². The van der Waals surface area contributed by atoms with Crippen LogP contribution in [0.5, 0.6) is 0 Å². The number of likely N-dealkylation sites (tertiary alicyclic amines) is 1. The molecule has 1 aliphatic carbocycles. The molecule has 1 aromatic heterocycles. The minimum absolute atomic E-state index is 0.248. The number of nitrogens with zero attached hydrogens (tertiary/aromatic N) is 3. The van der Waals surface area contributed by atoms with Crippen LogP contribution in [-0.4, -0.2) is 33.4 Å². The summed E-state index contributed by atoms with van der Waals surface area (Å²) in [6, 6.07) is 22.0. The van der Waals surface area contributed by atoms with Gasteiger partial charge in [0.1, 0.15) is 11.6 Å². The van der Waals surface area contributed by atoms with Crippen molar-refractivity contribution in [3.8, 4) is 22.5 Å². The highest BCUT2D eigenvalue weighted by Crippen LogP contribution is 2.35. The fraction of sp³-hybridized carbons (Fsp3) is 0.286. The van der Waals surface area contributed by atoms with Crippen LogP contribution in [0.4, 0.5) is 4.39 Å². The first-order valence-electron chi connectivity index (χ1n) is 11.9. The molecule has 1 saturated heterocycles. The maximum absolute atomic E-state index is 14.5. The van der Waals surface area contributed by atoms with Crippen LogP contribution in [0.3, 0.4) is 0 Å². The predicted octanol–water partition coefficient (Wildman–Crippen LogP) is 6.53. The van der Waals surface area contributed by atoms with E-state index in [0.29, 0.717) is 22.8 Å². The number of benzene rings is 3. The van der Waals surface area contributed by atoms with Gasteiger partial charge in [-0.25, -0.2) is 9.37 Å². The Morgan fingerprint density at radius 2 is 1.68 bits per heavy atom. The lowest BCUT2D eigenvalue weighted by Gasteiger charge is -2.18. The van der Waals surface area contributed by atoms with E-state index in [-0.39, 0.29) is 11.7 Å². The standard InChI is InChI=1S/C28H25BrFN3O/c29-23-14-25-26(15-24(23)30)33(17-18-12-13-32(16-18)28(34)22-10-11-22)27(31-25)21-8-6-20(7-9-21)19-4-2-1-3-5-19/h1-9,14-15,18,22H,10-13,16-17H2/t18-/m0/s1. The van der Waals surface area contributed by atoms with Gasteiger partial charge in [0.05, 0.1) is 15.5 Å². The van der Waals surface area contributed by atoms with Crippen molar-refractivity contribution >= 4 is 32.9 Å². The molecule has 6 heteroatoms. The molecular weight excluding hydrogens is 493 g/mol. The van der Waals surface area contributed by atoms with Gasteiger partial charge in [0.25, 0.3) is 0 Å². The van der Waals surface area contributed by atoms with E-state index < -0.39 is 0 Å². The molecule has 34 heavy (non-hydrogen) atoms. The average molecular weight is 518 g/mol. The largest absolute Gasteiger partial charge is 0.342 e. The molecule has 0 spiro atoms. The highest BCUT2D eigenvalue weighted by molar-refractivity contribution is 9.10. The number of carbonyl (C=O) groups is 1. The lowest BCUT2D eigenvalue weighted by Crippen LogP contribution is -2.30. The van der Waals surface area contributed by atoms with E-state index in [1.807, 2.05) is 23.1 Å². The quantitative estimate of drug-likeness (QED) is 0.301. The van der Waals surface area contributed by atoms with Crippen molar-refractivity contribution in [2.45, 2.75) is 25.8 Å². The van der Waals surface area contributed by atoms with Gasteiger partial charge in [-0.05, 0) is 58.3 Å². The van der Waals surface area contributed by atoms with Crippen LogP contribution < -0.4 is 0 Å². The summed E-state index contributed by atoms with van der Waals surface area (Å²) >= 11 is 3.30. The van der Waals surface area contributed by atoms with Crippen molar-refractivity contribution < 1.29 is 9.18 Å². The molecule has 2 heterocycles. The van der Waals surface area contributed by atoms with Crippen molar-refractivity contribution in [3.63, 3.8) is 0 Å². The molecule has 0 unspecified atom stereocenters. The molecule has 1 aliphatic heterocycles. The second kappa shape index (κ2) is 8.66. The van der Waals surface area contributed by atoms with E-state index >= 15 is 0 Å². The van der Waals surface area contributed by atoms with Gasteiger partial charge in [-0.2, -0.15) is 0 Å². The molecule has 6 rings (SSSR count). The van der Waals surface area contributed by atoms with E-state index in [1.165, 1.54) is 5.56 Å². The van der Waals surface area contributed by atoms with E-state index in [0.717, 1.165) is 60.3 Å². The summed E-state index contributed by atoms with van der Waals surface area (Å²) < 4.78 is 17.1. The van der Waals surface area contributed by atoms with Gasteiger partial charge in [-0.1, -0.05) is 54.6 Å². The van der Waals surface area contributed by atoms with Crippen molar-refractivity contribution in [2.24, 2.45) is 11.8 Å². The molecular formula is C28H25BrFN3O. The summed E-state index contributed by atoms with van der Waals surface area (Å²) in [6.07, 6.45) is 3.02. The van der Waals surface area contributed by atoms with Crippen LogP contribution in [-0.2, 0) is 11.3 Å². The van der Waals surface area contributed by atoms with Crippen LogP contribution >= 0.6 is 15.9 Å². The van der Waals surface area contributed by atoms with Gasteiger partial charge in [0, 0.05) is 37.2 Å². The van der Waals surface area contributed by atoms with Crippen molar-refractivity contribution in [1.29, 1.82) is 0 Å². The second-order valence-electron chi connectivity index (χ2n) is 9.46. The number of amides is 1. The van der Waals surface area contributed by atoms with Gasteiger partial charge in [-0.3, -0.25) is 4.79 Å². The number of hydrogen-bond donors (Lipinski definition) is 0. The highest BCUT2D eigenvalue weighted by atomic mass is 79.9. The SMILES string of the molecule is O=C(C1CC1)N1CC[C@H](Cn2c(-c3ccc(-c4ccccc4)cc3)nc3cc(Br)c(F)cc32)C1. The molecule has 2 aliphatic rings. The third-order valence-electron chi connectivity index (χ3n) is 7.01. The summed E-state index contributed by atoms with van der Waals surface area (Å²) in [4.78, 5) is 19.5. The number of imidazole rings is 1. The van der Waals surface area contributed by atoms with E-state index in [9.17, 15) is 9.18 Å². The predicted molar refractivity (Wildman–Crippen MR) is 136 cm³/mol. The molecule has 1 amide bonds. The van der Waals surface area contributed by atoms with E-state index in [4.69, 9.17) is 4.98 Å². The first-order chi connectivity index (χ1) is 16.6.